The van der Waals surface area contributed by atoms with E-state index in [9.17, 15) is 0 Å². The zero-order valence-corrected chi connectivity index (χ0v) is 16.2. The van der Waals surface area contributed by atoms with E-state index in [1.54, 1.807) is 0 Å². The molecule has 0 saturated carbocycles. The SMILES string of the molecule is Nc1cc(Cc2cnn(Cc3cccc(C4CCNCC4)c3)c2)c2n[nH]nc2n1. The van der Waals surface area contributed by atoms with Crippen LogP contribution >= 0.6 is 0 Å². The van der Waals surface area contributed by atoms with Gasteiger partial charge in [0.05, 0.1) is 12.7 Å². The third kappa shape index (κ3) is 3.84. The highest BCUT2D eigenvalue weighted by molar-refractivity contribution is 5.76. The van der Waals surface area contributed by atoms with Crippen LogP contribution < -0.4 is 11.1 Å². The number of nitrogens with one attached hydrogen (secondary N) is 2. The van der Waals surface area contributed by atoms with Gasteiger partial charge in [0.15, 0.2) is 0 Å². The Hall–Kier alpha value is -3.26. The summed E-state index contributed by atoms with van der Waals surface area (Å²) in [6.07, 6.45) is 7.09. The van der Waals surface area contributed by atoms with E-state index in [0.29, 0.717) is 23.8 Å². The highest BCUT2D eigenvalue weighted by Crippen LogP contribution is 2.26. The molecule has 1 fully saturated rings. The van der Waals surface area contributed by atoms with Gasteiger partial charge < -0.3 is 11.1 Å². The van der Waals surface area contributed by atoms with Crippen molar-refractivity contribution >= 4 is 17.0 Å². The number of aromatic nitrogens is 6. The molecule has 0 radical (unpaired) electrons. The second-order valence-corrected chi connectivity index (χ2v) is 7.69. The summed E-state index contributed by atoms with van der Waals surface area (Å²) in [5, 5.41) is 18.8. The Labute approximate surface area is 168 Å². The van der Waals surface area contributed by atoms with Crippen molar-refractivity contribution < 1.29 is 0 Å². The first-order chi connectivity index (χ1) is 14.2. The second kappa shape index (κ2) is 7.63. The van der Waals surface area contributed by atoms with Crippen LogP contribution in [0, 0.1) is 0 Å². The van der Waals surface area contributed by atoms with Crippen LogP contribution in [0.15, 0.2) is 42.7 Å². The van der Waals surface area contributed by atoms with Crippen molar-refractivity contribution in [2.75, 3.05) is 18.8 Å². The van der Waals surface area contributed by atoms with E-state index in [4.69, 9.17) is 5.73 Å². The molecular weight excluding hydrogens is 364 g/mol. The maximum Gasteiger partial charge on any atom is 0.203 e. The Morgan fingerprint density at radius 2 is 2.00 bits per heavy atom. The molecule has 1 aliphatic rings. The third-order valence-corrected chi connectivity index (χ3v) is 5.58. The lowest BCUT2D eigenvalue weighted by Crippen LogP contribution is -2.26. The number of hydrogen-bond donors (Lipinski definition) is 3. The van der Waals surface area contributed by atoms with Crippen LogP contribution in [0.25, 0.3) is 11.2 Å². The molecule has 8 nitrogen and oxygen atoms in total. The van der Waals surface area contributed by atoms with Crippen molar-refractivity contribution in [2.45, 2.75) is 31.7 Å². The molecule has 0 unspecified atom stereocenters. The fraction of sp³-hybridized carbons (Fsp3) is 0.333. The minimum absolute atomic E-state index is 0.448. The van der Waals surface area contributed by atoms with Crippen molar-refractivity contribution in [3.8, 4) is 0 Å². The van der Waals surface area contributed by atoms with Gasteiger partial charge in [-0.15, -0.1) is 5.10 Å². The molecule has 0 bridgehead atoms. The maximum absolute atomic E-state index is 5.90. The number of benzene rings is 1. The predicted molar refractivity (Wildman–Crippen MR) is 112 cm³/mol. The lowest BCUT2D eigenvalue weighted by molar-refractivity contribution is 0.460. The molecule has 1 aliphatic heterocycles. The van der Waals surface area contributed by atoms with Crippen LogP contribution in [0.3, 0.4) is 0 Å². The number of nitrogens with two attached hydrogens (primary N) is 1. The molecule has 4 N–H and O–H groups in total. The van der Waals surface area contributed by atoms with E-state index in [2.05, 4.69) is 61.3 Å². The Morgan fingerprint density at radius 3 is 2.90 bits per heavy atom. The van der Waals surface area contributed by atoms with Crippen LogP contribution in [0.1, 0.15) is 41.0 Å². The van der Waals surface area contributed by atoms with Crippen LogP contribution in [-0.2, 0) is 13.0 Å². The summed E-state index contributed by atoms with van der Waals surface area (Å²) in [6, 6.07) is 10.8. The van der Waals surface area contributed by atoms with E-state index in [1.807, 2.05) is 16.9 Å². The summed E-state index contributed by atoms with van der Waals surface area (Å²) < 4.78 is 1.99. The summed E-state index contributed by atoms with van der Waals surface area (Å²) in [4.78, 5) is 4.19. The minimum atomic E-state index is 0.448. The van der Waals surface area contributed by atoms with Crippen LogP contribution in [0.2, 0.25) is 0 Å². The predicted octanol–water partition coefficient (Wildman–Crippen LogP) is 2.24. The molecule has 1 aromatic carbocycles. The highest BCUT2D eigenvalue weighted by atomic mass is 15.3. The van der Waals surface area contributed by atoms with Crippen molar-refractivity contribution in [1.29, 1.82) is 0 Å². The molecule has 0 spiro atoms. The van der Waals surface area contributed by atoms with Crippen LogP contribution in [0.5, 0.6) is 0 Å². The van der Waals surface area contributed by atoms with Crippen molar-refractivity contribution in [2.24, 2.45) is 0 Å². The normalized spacial score (nSPS) is 15.2. The molecule has 29 heavy (non-hydrogen) atoms. The number of piperidine rings is 1. The summed E-state index contributed by atoms with van der Waals surface area (Å²) in [7, 11) is 0. The Kier molecular flexibility index (Phi) is 4.69. The molecule has 3 aromatic heterocycles. The fourth-order valence-corrected chi connectivity index (χ4v) is 4.15. The number of fused-ring (bicyclic) bond motifs is 1. The topological polar surface area (TPSA) is 110 Å². The minimum Gasteiger partial charge on any atom is -0.384 e. The first-order valence-electron chi connectivity index (χ1n) is 10.0. The number of nitrogens with zero attached hydrogens (tertiary/aromatic N) is 5. The number of H-pyrrole nitrogens is 1. The largest absolute Gasteiger partial charge is 0.384 e. The molecule has 4 heterocycles. The number of anilines is 1. The number of hydrogen-bond acceptors (Lipinski definition) is 6. The van der Waals surface area contributed by atoms with E-state index < -0.39 is 0 Å². The van der Waals surface area contributed by atoms with Crippen LogP contribution in [-0.4, -0.2) is 43.3 Å². The Balaban J connectivity index is 1.32. The standard InChI is InChI=1S/C21H24N8/c22-19-10-18(20-21(25-19)27-28-26-20)9-15-11-24-29(13-15)12-14-2-1-3-17(8-14)16-4-6-23-7-5-16/h1-3,8,10-11,13,16,23H,4-7,9,12H2,(H3,22,25,26,27,28). The number of aromatic amines is 1. The lowest BCUT2D eigenvalue weighted by Gasteiger charge is -2.23. The van der Waals surface area contributed by atoms with Crippen molar-refractivity contribution in [3.63, 3.8) is 0 Å². The third-order valence-electron chi connectivity index (χ3n) is 5.58. The molecule has 5 rings (SSSR count). The van der Waals surface area contributed by atoms with E-state index in [0.717, 1.165) is 36.3 Å². The van der Waals surface area contributed by atoms with E-state index in [1.165, 1.54) is 24.0 Å². The zero-order chi connectivity index (χ0) is 19.6. The monoisotopic (exact) mass is 388 g/mol. The summed E-state index contributed by atoms with van der Waals surface area (Å²) >= 11 is 0. The van der Waals surface area contributed by atoms with E-state index >= 15 is 0 Å². The van der Waals surface area contributed by atoms with Gasteiger partial charge >= 0.3 is 0 Å². The molecule has 148 valence electrons. The average Bonchev–Trinajstić information content (AvgIpc) is 3.38. The average molecular weight is 388 g/mol. The van der Waals surface area contributed by atoms with Gasteiger partial charge in [-0.2, -0.15) is 15.4 Å². The van der Waals surface area contributed by atoms with Gasteiger partial charge in [-0.05, 0) is 60.2 Å². The molecule has 8 heteroatoms. The Bertz CT molecular complexity index is 1120. The van der Waals surface area contributed by atoms with Gasteiger partial charge in [-0.1, -0.05) is 24.3 Å². The van der Waals surface area contributed by atoms with Gasteiger partial charge in [0.25, 0.3) is 0 Å². The van der Waals surface area contributed by atoms with Gasteiger partial charge in [-0.3, -0.25) is 4.68 Å². The number of rotatable bonds is 5. The first-order valence-corrected chi connectivity index (χ1v) is 10.0. The second-order valence-electron chi connectivity index (χ2n) is 7.69. The van der Waals surface area contributed by atoms with Gasteiger partial charge in [0.1, 0.15) is 11.3 Å². The smallest absolute Gasteiger partial charge is 0.203 e. The molecule has 1 saturated heterocycles. The molecular formula is C21H24N8. The molecule has 0 amide bonds. The van der Waals surface area contributed by atoms with E-state index in [-0.39, 0.29) is 0 Å². The summed E-state index contributed by atoms with van der Waals surface area (Å²) in [5.74, 6) is 1.11. The quantitative estimate of drug-likeness (QED) is 0.484. The van der Waals surface area contributed by atoms with Gasteiger partial charge in [0, 0.05) is 12.6 Å². The van der Waals surface area contributed by atoms with Crippen LogP contribution in [0.4, 0.5) is 5.82 Å². The lowest BCUT2D eigenvalue weighted by atomic mass is 9.89. The van der Waals surface area contributed by atoms with Crippen molar-refractivity contribution in [3.05, 3.63) is 65.0 Å². The maximum atomic E-state index is 5.90. The molecule has 4 aromatic rings. The zero-order valence-electron chi connectivity index (χ0n) is 16.2. The number of nitrogen functional groups attached to an aromatic ring is 1. The Morgan fingerprint density at radius 1 is 1.10 bits per heavy atom. The fourth-order valence-electron chi connectivity index (χ4n) is 4.15. The first kappa shape index (κ1) is 17.8. The summed E-state index contributed by atoms with van der Waals surface area (Å²) in [5.41, 5.74) is 12.0. The number of pyridine rings is 1. The van der Waals surface area contributed by atoms with Gasteiger partial charge in [0.2, 0.25) is 5.65 Å². The highest BCUT2D eigenvalue weighted by Gasteiger charge is 2.15. The van der Waals surface area contributed by atoms with Gasteiger partial charge in [-0.25, -0.2) is 4.98 Å². The molecule has 0 aliphatic carbocycles. The van der Waals surface area contributed by atoms with Crippen molar-refractivity contribution in [1.82, 2.24) is 35.5 Å². The molecule has 0 atom stereocenters. The summed E-state index contributed by atoms with van der Waals surface area (Å²) in [6.45, 7) is 2.97.